The van der Waals surface area contributed by atoms with Gasteiger partial charge in [0.25, 0.3) is 0 Å². The molecule has 1 aliphatic heterocycles. The van der Waals surface area contributed by atoms with Gasteiger partial charge in [0.2, 0.25) is 15.9 Å². The van der Waals surface area contributed by atoms with Crippen molar-refractivity contribution < 1.29 is 13.2 Å². The number of rotatable bonds is 6. The average molecular weight is 575 g/mol. The monoisotopic (exact) mass is 573 g/mol. The zero-order chi connectivity index (χ0) is 26.2. The molecule has 1 fully saturated rings. The van der Waals surface area contributed by atoms with E-state index in [9.17, 15) is 13.2 Å². The lowest BCUT2D eigenvalue weighted by atomic mass is 9.96. The van der Waals surface area contributed by atoms with E-state index < -0.39 is 10.0 Å². The Hall–Kier alpha value is -2.49. The fourth-order valence-corrected chi connectivity index (χ4v) is 7.31. The first kappa shape index (κ1) is 26.1. The molecule has 0 atom stereocenters. The maximum absolute atomic E-state index is 13.9. The number of carbonyl (C=O) groups is 1. The number of aryl methyl sites for hydroxylation is 1. The van der Waals surface area contributed by atoms with Gasteiger partial charge < -0.3 is 0 Å². The van der Waals surface area contributed by atoms with Crippen LogP contribution in [0, 0.1) is 12.8 Å². The first-order valence-electron chi connectivity index (χ1n) is 11.9. The molecule has 1 aromatic heterocycles. The SMILES string of the molecule is Cc1c(Cl)ccc2sc(N(Cc3ccccc3)C(=O)C3CCN(S(=O)(=O)c4ccc(Cl)cc4)CC3)nc12. The lowest BCUT2D eigenvalue weighted by Gasteiger charge is -2.33. The number of hydrogen-bond donors (Lipinski definition) is 0. The molecule has 4 aromatic rings. The molecule has 192 valence electrons. The molecular formula is C27H25Cl2N3O3S2. The van der Waals surface area contributed by atoms with E-state index in [0.29, 0.717) is 34.6 Å². The zero-order valence-corrected chi connectivity index (χ0v) is 23.2. The van der Waals surface area contributed by atoms with E-state index in [0.717, 1.165) is 21.3 Å². The quantitative estimate of drug-likeness (QED) is 0.262. The smallest absolute Gasteiger partial charge is 0.243 e. The Balaban J connectivity index is 1.39. The predicted octanol–water partition coefficient (Wildman–Crippen LogP) is 6.55. The van der Waals surface area contributed by atoms with Crippen LogP contribution in [0.3, 0.4) is 0 Å². The highest BCUT2D eigenvalue weighted by Gasteiger charge is 2.35. The molecule has 3 aromatic carbocycles. The first-order chi connectivity index (χ1) is 17.7. The van der Waals surface area contributed by atoms with Crippen LogP contribution >= 0.6 is 34.5 Å². The van der Waals surface area contributed by atoms with Gasteiger partial charge in [0.05, 0.1) is 21.7 Å². The van der Waals surface area contributed by atoms with Crippen LogP contribution < -0.4 is 4.90 Å². The molecule has 2 heterocycles. The molecular weight excluding hydrogens is 549 g/mol. The molecule has 0 N–H and O–H groups in total. The third-order valence-corrected chi connectivity index (χ3v) is 10.3. The summed E-state index contributed by atoms with van der Waals surface area (Å²) in [6.07, 6.45) is 0.874. The Kier molecular flexibility index (Phi) is 7.56. The van der Waals surface area contributed by atoms with Gasteiger partial charge in [-0.3, -0.25) is 9.69 Å². The Morgan fingerprint density at radius 2 is 1.70 bits per heavy atom. The van der Waals surface area contributed by atoms with E-state index in [-0.39, 0.29) is 29.8 Å². The summed E-state index contributed by atoms with van der Waals surface area (Å²) < 4.78 is 28.6. The standard InChI is InChI=1S/C27H25Cl2N3O3S2/c1-18-23(29)11-12-24-25(18)30-27(36-24)32(17-19-5-3-2-4-6-19)26(33)20-13-15-31(16-14-20)37(34,35)22-9-7-21(28)8-10-22/h2-12,20H,13-17H2,1H3. The van der Waals surface area contributed by atoms with Gasteiger partial charge in [0.1, 0.15) is 0 Å². The summed E-state index contributed by atoms with van der Waals surface area (Å²) in [4.78, 5) is 20.6. The van der Waals surface area contributed by atoms with Crippen molar-refractivity contribution in [2.75, 3.05) is 18.0 Å². The summed E-state index contributed by atoms with van der Waals surface area (Å²) in [7, 11) is -3.65. The van der Waals surface area contributed by atoms with Crippen molar-refractivity contribution in [3.8, 4) is 0 Å². The summed E-state index contributed by atoms with van der Waals surface area (Å²) in [6.45, 7) is 2.86. The van der Waals surface area contributed by atoms with E-state index in [1.807, 2.05) is 49.4 Å². The van der Waals surface area contributed by atoms with E-state index in [2.05, 4.69) is 0 Å². The predicted molar refractivity (Wildman–Crippen MR) is 150 cm³/mol. The minimum atomic E-state index is -3.65. The van der Waals surface area contributed by atoms with E-state index >= 15 is 0 Å². The highest BCUT2D eigenvalue weighted by Crippen LogP contribution is 2.36. The second-order valence-corrected chi connectivity index (χ2v) is 12.8. The van der Waals surface area contributed by atoms with Crippen LogP contribution in [-0.2, 0) is 21.4 Å². The second kappa shape index (κ2) is 10.7. The number of fused-ring (bicyclic) bond motifs is 1. The number of sulfonamides is 1. The Labute approximate surface area is 230 Å². The summed E-state index contributed by atoms with van der Waals surface area (Å²) in [5, 5.41) is 1.74. The highest BCUT2D eigenvalue weighted by atomic mass is 35.5. The van der Waals surface area contributed by atoms with Gasteiger partial charge in [-0.1, -0.05) is 64.9 Å². The number of anilines is 1. The van der Waals surface area contributed by atoms with E-state index in [4.69, 9.17) is 28.2 Å². The maximum atomic E-state index is 13.9. The molecule has 10 heteroatoms. The molecule has 0 saturated carbocycles. The number of thiazole rings is 1. The van der Waals surface area contributed by atoms with Crippen molar-refractivity contribution in [3.05, 3.63) is 87.9 Å². The summed E-state index contributed by atoms with van der Waals surface area (Å²) in [5.41, 5.74) is 2.67. The third kappa shape index (κ3) is 5.40. The van der Waals surface area contributed by atoms with E-state index in [1.165, 1.54) is 27.8 Å². The van der Waals surface area contributed by atoms with Gasteiger partial charge in [-0.05, 0) is 67.3 Å². The molecule has 0 bridgehead atoms. The fourth-order valence-electron chi connectivity index (χ4n) is 4.53. The van der Waals surface area contributed by atoms with Crippen molar-refractivity contribution in [1.29, 1.82) is 0 Å². The minimum absolute atomic E-state index is 0.0461. The molecule has 1 aliphatic rings. The summed E-state index contributed by atoms with van der Waals surface area (Å²) in [6, 6.07) is 19.7. The molecule has 1 amide bonds. The molecule has 0 unspecified atom stereocenters. The normalized spacial score (nSPS) is 15.2. The van der Waals surface area contributed by atoms with Crippen LogP contribution in [0.15, 0.2) is 71.6 Å². The number of halogens is 2. The number of amides is 1. The number of carbonyl (C=O) groups excluding carboxylic acids is 1. The van der Waals surface area contributed by atoms with Crippen molar-refractivity contribution in [3.63, 3.8) is 0 Å². The van der Waals surface area contributed by atoms with Gasteiger partial charge >= 0.3 is 0 Å². The Bertz CT molecular complexity index is 1530. The fraction of sp³-hybridized carbons (Fsp3) is 0.259. The topological polar surface area (TPSA) is 70.6 Å². The van der Waals surface area contributed by atoms with Gasteiger partial charge in [0.15, 0.2) is 5.13 Å². The lowest BCUT2D eigenvalue weighted by Crippen LogP contribution is -2.44. The molecule has 5 rings (SSSR count). The summed E-state index contributed by atoms with van der Waals surface area (Å²) in [5.74, 6) is -0.354. The molecule has 0 aliphatic carbocycles. The number of nitrogens with zero attached hydrogens (tertiary/aromatic N) is 3. The average Bonchev–Trinajstić information content (AvgIpc) is 3.35. The third-order valence-electron chi connectivity index (χ3n) is 6.67. The maximum Gasteiger partial charge on any atom is 0.243 e. The second-order valence-electron chi connectivity index (χ2n) is 9.06. The van der Waals surface area contributed by atoms with Crippen molar-refractivity contribution in [1.82, 2.24) is 9.29 Å². The van der Waals surface area contributed by atoms with Crippen molar-refractivity contribution >= 4 is 65.8 Å². The lowest BCUT2D eigenvalue weighted by molar-refractivity contribution is -0.123. The molecule has 1 saturated heterocycles. The molecule has 0 radical (unpaired) electrons. The Morgan fingerprint density at radius 1 is 1.03 bits per heavy atom. The van der Waals surface area contributed by atoms with Crippen molar-refractivity contribution in [2.24, 2.45) is 5.92 Å². The first-order valence-corrected chi connectivity index (χ1v) is 14.9. The van der Waals surface area contributed by atoms with Crippen LogP contribution in [0.2, 0.25) is 10.0 Å². The van der Waals surface area contributed by atoms with Crippen molar-refractivity contribution in [2.45, 2.75) is 31.2 Å². The minimum Gasteiger partial charge on any atom is -0.283 e. The van der Waals surface area contributed by atoms with Crippen LogP contribution in [-0.4, -0.2) is 36.7 Å². The van der Waals surface area contributed by atoms with Gasteiger partial charge in [-0.15, -0.1) is 0 Å². The highest BCUT2D eigenvalue weighted by molar-refractivity contribution is 7.89. The molecule has 0 spiro atoms. The largest absolute Gasteiger partial charge is 0.283 e. The van der Waals surface area contributed by atoms with Crippen LogP contribution in [0.4, 0.5) is 5.13 Å². The van der Waals surface area contributed by atoms with Gasteiger partial charge in [-0.25, -0.2) is 13.4 Å². The van der Waals surface area contributed by atoms with Gasteiger partial charge in [-0.2, -0.15) is 4.31 Å². The van der Waals surface area contributed by atoms with E-state index in [1.54, 1.807) is 17.0 Å². The number of piperidine rings is 1. The van der Waals surface area contributed by atoms with Crippen LogP contribution in [0.25, 0.3) is 10.2 Å². The van der Waals surface area contributed by atoms with Crippen LogP contribution in [0.5, 0.6) is 0 Å². The number of hydrogen-bond acceptors (Lipinski definition) is 5. The van der Waals surface area contributed by atoms with Crippen LogP contribution in [0.1, 0.15) is 24.0 Å². The zero-order valence-electron chi connectivity index (χ0n) is 20.1. The molecule has 6 nitrogen and oxygen atoms in total. The Morgan fingerprint density at radius 3 is 2.38 bits per heavy atom. The number of aromatic nitrogens is 1. The van der Waals surface area contributed by atoms with Gasteiger partial charge in [0, 0.05) is 29.1 Å². The number of benzene rings is 3. The molecule has 37 heavy (non-hydrogen) atoms. The summed E-state index contributed by atoms with van der Waals surface area (Å²) >= 11 is 13.7.